The Balaban J connectivity index is 0.00000240. The number of aromatic nitrogens is 1. The van der Waals surface area contributed by atoms with Gasteiger partial charge in [0.25, 0.3) is 5.91 Å². The van der Waals surface area contributed by atoms with E-state index in [1.165, 1.54) is 22.5 Å². The van der Waals surface area contributed by atoms with Gasteiger partial charge in [0.05, 0.1) is 28.3 Å². The molecule has 29 heavy (non-hydrogen) atoms. The second-order valence-corrected chi connectivity index (χ2v) is 9.05. The van der Waals surface area contributed by atoms with Gasteiger partial charge in [-0.1, -0.05) is 23.5 Å². The summed E-state index contributed by atoms with van der Waals surface area (Å²) < 4.78 is 6.56. The number of hydrogen-bond donors (Lipinski definition) is 0. The van der Waals surface area contributed by atoms with Crippen LogP contribution in [0.4, 0.5) is 5.13 Å². The van der Waals surface area contributed by atoms with Crippen LogP contribution in [0.3, 0.4) is 0 Å². The van der Waals surface area contributed by atoms with Crippen molar-refractivity contribution in [3.63, 3.8) is 0 Å². The van der Waals surface area contributed by atoms with Crippen LogP contribution in [0.5, 0.6) is 0 Å². The maximum absolute atomic E-state index is 13.2. The predicted molar refractivity (Wildman–Crippen MR) is 124 cm³/mol. The predicted octanol–water partition coefficient (Wildman–Crippen LogP) is 4.77. The summed E-state index contributed by atoms with van der Waals surface area (Å²) in [7, 11) is 0. The van der Waals surface area contributed by atoms with Gasteiger partial charge in [-0.05, 0) is 48.9 Å². The summed E-state index contributed by atoms with van der Waals surface area (Å²) in [6, 6.07) is 8.06. The van der Waals surface area contributed by atoms with Gasteiger partial charge in [-0.3, -0.25) is 14.6 Å². The maximum Gasteiger partial charge on any atom is 0.270 e. The largest absolute Gasteiger partial charge is 0.379 e. The van der Waals surface area contributed by atoms with Gasteiger partial charge in [-0.2, -0.15) is 0 Å². The van der Waals surface area contributed by atoms with Crippen LogP contribution in [0.2, 0.25) is 0 Å². The SMILES string of the molecule is Cc1ccc2sc(N(CCCN3CCOCC3)C(=O)c3cccs3)nc2c1C.Cl. The highest BCUT2D eigenvalue weighted by Gasteiger charge is 2.23. The van der Waals surface area contributed by atoms with E-state index >= 15 is 0 Å². The first-order valence-corrected chi connectivity index (χ1v) is 11.4. The first-order valence-electron chi connectivity index (χ1n) is 9.65. The fraction of sp³-hybridized carbons (Fsp3) is 0.429. The lowest BCUT2D eigenvalue weighted by Gasteiger charge is -2.27. The van der Waals surface area contributed by atoms with E-state index in [4.69, 9.17) is 9.72 Å². The van der Waals surface area contributed by atoms with Crippen LogP contribution in [0.25, 0.3) is 10.2 Å². The Kier molecular flexibility index (Phi) is 7.65. The number of morpholine rings is 1. The summed E-state index contributed by atoms with van der Waals surface area (Å²) in [6.07, 6.45) is 0.922. The Labute approximate surface area is 185 Å². The molecule has 156 valence electrons. The Morgan fingerprint density at radius 1 is 1.24 bits per heavy atom. The van der Waals surface area contributed by atoms with Crippen LogP contribution in [0, 0.1) is 13.8 Å². The molecule has 5 nitrogen and oxygen atoms in total. The lowest BCUT2D eigenvalue weighted by molar-refractivity contribution is 0.0376. The van der Waals surface area contributed by atoms with Crippen molar-refractivity contribution < 1.29 is 9.53 Å². The van der Waals surface area contributed by atoms with E-state index < -0.39 is 0 Å². The third-order valence-electron chi connectivity index (χ3n) is 5.24. The monoisotopic (exact) mass is 451 g/mol. The van der Waals surface area contributed by atoms with E-state index in [2.05, 4.69) is 30.9 Å². The number of aryl methyl sites for hydroxylation is 2. The van der Waals surface area contributed by atoms with Crippen molar-refractivity contribution in [1.82, 2.24) is 9.88 Å². The molecule has 1 fully saturated rings. The van der Waals surface area contributed by atoms with E-state index in [0.717, 1.165) is 59.5 Å². The topological polar surface area (TPSA) is 45.7 Å². The van der Waals surface area contributed by atoms with E-state index in [-0.39, 0.29) is 18.3 Å². The molecule has 3 heterocycles. The van der Waals surface area contributed by atoms with E-state index in [1.807, 2.05) is 22.4 Å². The van der Waals surface area contributed by atoms with Crippen molar-refractivity contribution in [2.24, 2.45) is 0 Å². The molecule has 1 saturated heterocycles. The highest BCUT2D eigenvalue weighted by atomic mass is 35.5. The number of thiazole rings is 1. The van der Waals surface area contributed by atoms with Gasteiger partial charge in [-0.15, -0.1) is 23.7 Å². The Hall–Kier alpha value is -1.51. The minimum absolute atomic E-state index is 0. The molecule has 8 heteroatoms. The number of nitrogens with zero attached hydrogens (tertiary/aromatic N) is 3. The van der Waals surface area contributed by atoms with Crippen molar-refractivity contribution in [2.75, 3.05) is 44.3 Å². The zero-order valence-electron chi connectivity index (χ0n) is 16.7. The Morgan fingerprint density at radius 2 is 2.03 bits per heavy atom. The van der Waals surface area contributed by atoms with Crippen molar-refractivity contribution in [1.29, 1.82) is 0 Å². The second-order valence-electron chi connectivity index (χ2n) is 7.09. The van der Waals surface area contributed by atoms with Crippen molar-refractivity contribution in [2.45, 2.75) is 20.3 Å². The van der Waals surface area contributed by atoms with Crippen LogP contribution in [0.1, 0.15) is 27.2 Å². The first-order chi connectivity index (χ1) is 13.6. The summed E-state index contributed by atoms with van der Waals surface area (Å²) >= 11 is 3.09. The number of thiophene rings is 1. The van der Waals surface area contributed by atoms with Crippen LogP contribution in [-0.2, 0) is 4.74 Å². The Morgan fingerprint density at radius 3 is 2.76 bits per heavy atom. The summed E-state index contributed by atoms with van der Waals surface area (Å²) in [5.41, 5.74) is 3.43. The molecular formula is C21H26ClN3O2S2. The quantitative estimate of drug-likeness (QED) is 0.541. The molecule has 0 radical (unpaired) electrons. The lowest BCUT2D eigenvalue weighted by Crippen LogP contribution is -2.39. The lowest BCUT2D eigenvalue weighted by atomic mass is 10.1. The van der Waals surface area contributed by atoms with Crippen molar-refractivity contribution in [3.8, 4) is 0 Å². The molecule has 2 aromatic heterocycles. The second kappa shape index (κ2) is 10.00. The molecule has 0 N–H and O–H groups in total. The number of halogens is 1. The zero-order chi connectivity index (χ0) is 19.5. The molecule has 1 aliphatic rings. The fourth-order valence-corrected chi connectivity index (χ4v) is 5.15. The molecule has 0 saturated carbocycles. The van der Waals surface area contributed by atoms with Gasteiger partial charge in [0, 0.05) is 26.2 Å². The van der Waals surface area contributed by atoms with E-state index in [9.17, 15) is 4.79 Å². The van der Waals surface area contributed by atoms with Gasteiger partial charge in [0.15, 0.2) is 5.13 Å². The van der Waals surface area contributed by atoms with Gasteiger partial charge in [-0.25, -0.2) is 4.98 Å². The van der Waals surface area contributed by atoms with Crippen LogP contribution in [0.15, 0.2) is 29.6 Å². The third-order valence-corrected chi connectivity index (χ3v) is 7.14. The Bertz CT molecular complexity index is 952. The van der Waals surface area contributed by atoms with Crippen LogP contribution < -0.4 is 4.90 Å². The van der Waals surface area contributed by atoms with Gasteiger partial charge < -0.3 is 4.74 Å². The highest BCUT2D eigenvalue weighted by molar-refractivity contribution is 7.22. The zero-order valence-corrected chi connectivity index (χ0v) is 19.2. The van der Waals surface area contributed by atoms with Gasteiger partial charge in [0.1, 0.15) is 0 Å². The number of amides is 1. The summed E-state index contributed by atoms with van der Waals surface area (Å²) in [5, 5.41) is 2.74. The molecular weight excluding hydrogens is 426 g/mol. The van der Waals surface area contributed by atoms with Crippen molar-refractivity contribution >= 4 is 56.3 Å². The van der Waals surface area contributed by atoms with Gasteiger partial charge in [0.2, 0.25) is 0 Å². The maximum atomic E-state index is 13.2. The minimum Gasteiger partial charge on any atom is -0.379 e. The average Bonchev–Trinajstić information content (AvgIpc) is 3.39. The standard InChI is InChI=1S/C21H25N3O2S2.ClH/c1-15-6-7-17-19(16(15)2)22-21(28-17)24(20(25)18-5-3-14-27-18)9-4-8-23-10-12-26-13-11-23;/h3,5-7,14H,4,8-13H2,1-2H3;1H. The third kappa shape index (κ3) is 4.98. The summed E-state index contributed by atoms with van der Waals surface area (Å²) in [4.78, 5) is 23.1. The molecule has 0 bridgehead atoms. The minimum atomic E-state index is 0. The number of fused-ring (bicyclic) bond motifs is 1. The molecule has 3 aromatic rings. The molecule has 4 rings (SSSR count). The highest BCUT2D eigenvalue weighted by Crippen LogP contribution is 2.33. The van der Waals surface area contributed by atoms with E-state index in [1.54, 1.807) is 11.3 Å². The first kappa shape index (κ1) is 22.2. The van der Waals surface area contributed by atoms with Crippen LogP contribution >= 0.6 is 35.1 Å². The molecule has 0 unspecified atom stereocenters. The molecule has 1 aliphatic heterocycles. The number of rotatable bonds is 6. The summed E-state index contributed by atoms with van der Waals surface area (Å²) in [6.45, 7) is 9.39. The molecule has 0 atom stereocenters. The summed E-state index contributed by atoms with van der Waals surface area (Å²) in [5.74, 6) is 0.0467. The number of carbonyl (C=O) groups excluding carboxylic acids is 1. The van der Waals surface area contributed by atoms with Gasteiger partial charge >= 0.3 is 0 Å². The van der Waals surface area contributed by atoms with Crippen molar-refractivity contribution in [3.05, 3.63) is 45.6 Å². The number of ether oxygens (including phenoxy) is 1. The normalized spacial score (nSPS) is 14.7. The fourth-order valence-electron chi connectivity index (χ4n) is 3.42. The van der Waals surface area contributed by atoms with E-state index in [0.29, 0.717) is 6.54 Å². The molecule has 1 aromatic carbocycles. The molecule has 1 amide bonds. The average molecular weight is 452 g/mol. The number of carbonyl (C=O) groups is 1. The number of hydrogen-bond acceptors (Lipinski definition) is 6. The molecule has 0 aliphatic carbocycles. The smallest absolute Gasteiger partial charge is 0.270 e. The number of benzene rings is 1. The molecule has 0 spiro atoms. The van der Waals surface area contributed by atoms with Crippen LogP contribution in [-0.4, -0.2) is 55.2 Å². The number of anilines is 1.